The predicted octanol–water partition coefficient (Wildman–Crippen LogP) is 2.37. The van der Waals surface area contributed by atoms with Gasteiger partial charge >= 0.3 is 0 Å². The molecule has 1 saturated carbocycles. The number of methoxy groups -OCH3 is 1. The molecule has 0 aromatic rings. The minimum absolute atomic E-state index is 0.0966. The van der Waals surface area contributed by atoms with Gasteiger partial charge in [-0.15, -0.1) is 0 Å². The van der Waals surface area contributed by atoms with E-state index in [1.165, 1.54) is 0 Å². The predicted molar refractivity (Wildman–Crippen MR) is 63.6 cm³/mol. The summed E-state index contributed by atoms with van der Waals surface area (Å²) in [7, 11) is 1.68. The molecule has 15 heavy (non-hydrogen) atoms. The number of halogens is 1. The van der Waals surface area contributed by atoms with Crippen LogP contribution in [0, 0.1) is 0 Å². The summed E-state index contributed by atoms with van der Waals surface area (Å²) in [4.78, 5) is 0.418. The van der Waals surface area contributed by atoms with Gasteiger partial charge in [-0.05, 0) is 27.2 Å². The third kappa shape index (κ3) is 4.39. The summed E-state index contributed by atoms with van der Waals surface area (Å²) in [6, 6.07) is 0. The Hall–Kier alpha value is 0.360. The lowest BCUT2D eigenvalue weighted by Gasteiger charge is -2.44. The van der Waals surface area contributed by atoms with Crippen LogP contribution in [-0.4, -0.2) is 43.0 Å². The monoisotopic (exact) mass is 280 g/mol. The van der Waals surface area contributed by atoms with Crippen molar-refractivity contribution >= 4 is 15.9 Å². The highest BCUT2D eigenvalue weighted by atomic mass is 79.9. The Bertz CT molecular complexity index is 191. The maximum atomic E-state index is 5.89. The van der Waals surface area contributed by atoms with Gasteiger partial charge in [0.1, 0.15) is 0 Å². The van der Waals surface area contributed by atoms with E-state index in [1.807, 2.05) is 0 Å². The Kier molecular flexibility index (Phi) is 5.03. The molecule has 0 aromatic heterocycles. The van der Waals surface area contributed by atoms with E-state index in [4.69, 9.17) is 14.2 Å². The minimum Gasteiger partial charge on any atom is -0.382 e. The first-order chi connectivity index (χ1) is 6.94. The molecule has 90 valence electrons. The second-order valence-electron chi connectivity index (χ2n) is 4.85. The lowest BCUT2D eigenvalue weighted by molar-refractivity contribution is -0.170. The third-order valence-corrected chi connectivity index (χ3v) is 3.18. The van der Waals surface area contributed by atoms with E-state index < -0.39 is 0 Å². The van der Waals surface area contributed by atoms with Crippen molar-refractivity contribution in [2.24, 2.45) is 0 Å². The third-order valence-electron chi connectivity index (χ3n) is 2.28. The van der Waals surface area contributed by atoms with Crippen molar-refractivity contribution in [2.45, 2.75) is 49.8 Å². The zero-order valence-corrected chi connectivity index (χ0v) is 11.5. The van der Waals surface area contributed by atoms with Crippen LogP contribution in [0.25, 0.3) is 0 Å². The molecule has 0 radical (unpaired) electrons. The Balaban J connectivity index is 2.28. The fourth-order valence-electron chi connectivity index (χ4n) is 1.58. The van der Waals surface area contributed by atoms with Gasteiger partial charge in [-0.1, -0.05) is 15.9 Å². The van der Waals surface area contributed by atoms with Crippen molar-refractivity contribution in [1.29, 1.82) is 0 Å². The topological polar surface area (TPSA) is 27.7 Å². The summed E-state index contributed by atoms with van der Waals surface area (Å²) < 4.78 is 16.5. The Morgan fingerprint density at radius 1 is 1.27 bits per heavy atom. The first kappa shape index (κ1) is 13.4. The molecule has 0 bridgehead atoms. The Morgan fingerprint density at radius 2 is 1.93 bits per heavy atom. The number of rotatable bonds is 5. The normalized spacial score (nSPS) is 31.4. The van der Waals surface area contributed by atoms with E-state index in [2.05, 4.69) is 36.7 Å². The molecule has 0 aliphatic heterocycles. The summed E-state index contributed by atoms with van der Waals surface area (Å²) in [5.41, 5.74) is -0.0966. The van der Waals surface area contributed by atoms with Crippen LogP contribution in [0.2, 0.25) is 0 Å². The van der Waals surface area contributed by atoms with Crippen LogP contribution in [0.3, 0.4) is 0 Å². The average Bonchev–Trinajstić information content (AvgIpc) is 2.09. The molecular formula is C11H21BrO3. The smallest absolute Gasteiger partial charge is 0.0964 e. The summed E-state index contributed by atoms with van der Waals surface area (Å²) >= 11 is 3.58. The summed E-state index contributed by atoms with van der Waals surface area (Å²) in [6.07, 6.45) is 1.40. The van der Waals surface area contributed by atoms with Crippen LogP contribution >= 0.6 is 15.9 Å². The van der Waals surface area contributed by atoms with Crippen LogP contribution in [0.4, 0.5) is 0 Å². The van der Waals surface area contributed by atoms with Crippen molar-refractivity contribution in [3.05, 3.63) is 0 Å². The van der Waals surface area contributed by atoms with E-state index in [1.54, 1.807) is 7.11 Å². The average molecular weight is 281 g/mol. The number of hydrogen-bond donors (Lipinski definition) is 0. The molecule has 0 heterocycles. The summed E-state index contributed by atoms with van der Waals surface area (Å²) in [5, 5.41) is 0. The van der Waals surface area contributed by atoms with Crippen LogP contribution in [0.1, 0.15) is 27.2 Å². The van der Waals surface area contributed by atoms with Crippen LogP contribution in [0.15, 0.2) is 0 Å². The van der Waals surface area contributed by atoms with Crippen LogP contribution < -0.4 is 0 Å². The minimum atomic E-state index is -0.0966. The molecule has 4 heteroatoms. The fraction of sp³-hybridized carbons (Fsp3) is 1.00. The molecular weight excluding hydrogens is 260 g/mol. The SMILES string of the molecule is COCCOC1C(Br)CC1OC(C)(C)C. The second-order valence-corrected chi connectivity index (χ2v) is 6.02. The number of alkyl halides is 1. The molecule has 0 N–H and O–H groups in total. The van der Waals surface area contributed by atoms with Crippen molar-refractivity contribution in [2.75, 3.05) is 20.3 Å². The van der Waals surface area contributed by atoms with Gasteiger partial charge in [-0.3, -0.25) is 0 Å². The molecule has 0 saturated heterocycles. The van der Waals surface area contributed by atoms with E-state index in [0.29, 0.717) is 18.0 Å². The molecule has 1 aliphatic rings. The molecule has 3 unspecified atom stereocenters. The summed E-state index contributed by atoms with van der Waals surface area (Å²) in [6.45, 7) is 7.48. The maximum Gasteiger partial charge on any atom is 0.0964 e. The van der Waals surface area contributed by atoms with Crippen molar-refractivity contribution in [3.63, 3.8) is 0 Å². The largest absolute Gasteiger partial charge is 0.382 e. The molecule has 1 aliphatic carbocycles. The molecule has 0 aromatic carbocycles. The zero-order chi connectivity index (χ0) is 11.5. The highest BCUT2D eigenvalue weighted by molar-refractivity contribution is 9.09. The van der Waals surface area contributed by atoms with E-state index in [-0.39, 0.29) is 17.8 Å². The van der Waals surface area contributed by atoms with Gasteiger partial charge in [-0.25, -0.2) is 0 Å². The molecule has 1 rings (SSSR count). The fourth-order valence-corrected chi connectivity index (χ4v) is 2.44. The lowest BCUT2D eigenvalue weighted by Crippen LogP contribution is -2.53. The van der Waals surface area contributed by atoms with Gasteiger partial charge in [0.05, 0.1) is 31.0 Å². The molecule has 0 spiro atoms. The highest BCUT2D eigenvalue weighted by Crippen LogP contribution is 2.35. The van der Waals surface area contributed by atoms with Gasteiger partial charge in [0.25, 0.3) is 0 Å². The standard InChI is InChI=1S/C11H21BrO3/c1-11(2,3)15-9-7-8(12)10(9)14-6-5-13-4/h8-10H,5-7H2,1-4H3. The van der Waals surface area contributed by atoms with E-state index >= 15 is 0 Å². The van der Waals surface area contributed by atoms with Gasteiger partial charge in [0, 0.05) is 11.9 Å². The molecule has 3 nitrogen and oxygen atoms in total. The van der Waals surface area contributed by atoms with Gasteiger partial charge in [0.2, 0.25) is 0 Å². The van der Waals surface area contributed by atoms with E-state index in [0.717, 1.165) is 6.42 Å². The number of hydrogen-bond acceptors (Lipinski definition) is 3. The quantitative estimate of drug-likeness (QED) is 0.572. The zero-order valence-electron chi connectivity index (χ0n) is 9.96. The molecule has 3 atom stereocenters. The lowest BCUT2D eigenvalue weighted by atomic mass is 9.90. The van der Waals surface area contributed by atoms with Crippen molar-refractivity contribution < 1.29 is 14.2 Å². The number of ether oxygens (including phenoxy) is 3. The first-order valence-electron chi connectivity index (χ1n) is 5.36. The van der Waals surface area contributed by atoms with Crippen molar-refractivity contribution in [3.8, 4) is 0 Å². The Morgan fingerprint density at radius 3 is 2.40 bits per heavy atom. The molecule has 0 amide bonds. The first-order valence-corrected chi connectivity index (χ1v) is 6.28. The summed E-state index contributed by atoms with van der Waals surface area (Å²) in [5.74, 6) is 0. The molecule has 1 fully saturated rings. The van der Waals surface area contributed by atoms with Gasteiger partial charge in [-0.2, -0.15) is 0 Å². The van der Waals surface area contributed by atoms with Crippen molar-refractivity contribution in [1.82, 2.24) is 0 Å². The van der Waals surface area contributed by atoms with Crippen LogP contribution in [-0.2, 0) is 14.2 Å². The van der Waals surface area contributed by atoms with Gasteiger partial charge in [0.15, 0.2) is 0 Å². The van der Waals surface area contributed by atoms with Crippen LogP contribution in [0.5, 0.6) is 0 Å². The van der Waals surface area contributed by atoms with E-state index in [9.17, 15) is 0 Å². The second kappa shape index (κ2) is 5.62. The maximum absolute atomic E-state index is 5.89. The van der Waals surface area contributed by atoms with Gasteiger partial charge < -0.3 is 14.2 Å². The Labute approximate surface area is 101 Å². The highest BCUT2D eigenvalue weighted by Gasteiger charge is 2.43.